The van der Waals surface area contributed by atoms with Crippen molar-refractivity contribution in [3.05, 3.63) is 168 Å². The van der Waals surface area contributed by atoms with Gasteiger partial charge in [0.1, 0.15) is 12.7 Å². The molecule has 5 aromatic carbocycles. The van der Waals surface area contributed by atoms with E-state index in [1.54, 1.807) is 0 Å². The quantitative estimate of drug-likeness (QED) is 0.206. The Hall–Kier alpha value is -6.14. The van der Waals surface area contributed by atoms with Crippen molar-refractivity contribution in [2.24, 2.45) is 0 Å². The Morgan fingerprint density at radius 2 is 1.11 bits per heavy atom. The van der Waals surface area contributed by atoms with Crippen molar-refractivity contribution in [1.82, 2.24) is 24.5 Å². The molecule has 0 unspecified atom stereocenters. The fraction of sp³-hybridized carbons (Fsp3) is 0.0256. The van der Waals surface area contributed by atoms with Gasteiger partial charge in [0, 0.05) is 17.3 Å². The van der Waals surface area contributed by atoms with Crippen molar-refractivity contribution in [2.75, 3.05) is 4.90 Å². The molecule has 0 saturated heterocycles. The molecular weight excluding hydrogens is 552 g/mol. The second kappa shape index (κ2) is 8.94. The van der Waals surface area contributed by atoms with E-state index >= 15 is 0 Å². The Labute approximate surface area is 258 Å². The second-order valence-corrected chi connectivity index (χ2v) is 11.6. The average molecular weight is 577 g/mol. The summed E-state index contributed by atoms with van der Waals surface area (Å²) in [6.45, 7) is 0. The van der Waals surface area contributed by atoms with E-state index in [1.807, 2.05) is 12.3 Å². The van der Waals surface area contributed by atoms with Crippen LogP contribution in [0.15, 0.2) is 146 Å². The van der Waals surface area contributed by atoms with Gasteiger partial charge < -0.3 is 4.90 Å². The first-order valence-electron chi connectivity index (χ1n) is 15.1. The minimum absolute atomic E-state index is 0.433. The van der Waals surface area contributed by atoms with Gasteiger partial charge in [-0.15, -0.1) is 0 Å². The molecule has 0 N–H and O–H groups in total. The maximum absolute atomic E-state index is 4.83. The standard InChI is InChI=1S/C39H24N6/c1-3-12-29-26(10-1)27-11-2-4-13-30(27)39(29)31-14-5-7-16-34(31)44(35-17-8-6-15-32(35)39)25-19-20-33-28(22-25)37-36(18-9-21-41-37)45(33)38-42-23-40-24-43-38/h1-24H. The van der Waals surface area contributed by atoms with Gasteiger partial charge in [-0.3, -0.25) is 9.55 Å². The SMILES string of the molecule is c1ccc2c(c1)-c1ccccc1C21c2ccccc2N(c2ccc3c(c2)c2ncccc2n3-c2ncncn2)c2ccccc21. The first-order chi connectivity index (χ1) is 22.4. The molecule has 1 aliphatic heterocycles. The molecule has 0 atom stereocenters. The number of anilines is 3. The molecule has 0 radical (unpaired) electrons. The molecule has 6 nitrogen and oxygen atoms in total. The van der Waals surface area contributed by atoms with E-state index in [4.69, 9.17) is 4.98 Å². The maximum Gasteiger partial charge on any atom is 0.237 e. The van der Waals surface area contributed by atoms with E-state index < -0.39 is 5.41 Å². The van der Waals surface area contributed by atoms with Crippen molar-refractivity contribution in [3.63, 3.8) is 0 Å². The van der Waals surface area contributed by atoms with Crippen LogP contribution in [0.5, 0.6) is 0 Å². The zero-order valence-electron chi connectivity index (χ0n) is 24.0. The third-order valence-electron chi connectivity index (χ3n) is 9.49. The molecule has 3 aromatic heterocycles. The summed E-state index contributed by atoms with van der Waals surface area (Å²) >= 11 is 0. The first kappa shape index (κ1) is 24.3. The first-order valence-corrected chi connectivity index (χ1v) is 15.1. The lowest BCUT2D eigenvalue weighted by Gasteiger charge is -2.45. The van der Waals surface area contributed by atoms with Gasteiger partial charge in [-0.2, -0.15) is 0 Å². The van der Waals surface area contributed by atoms with Crippen molar-refractivity contribution < 1.29 is 0 Å². The fourth-order valence-electron chi connectivity index (χ4n) is 7.87. The Morgan fingerprint density at radius 3 is 1.78 bits per heavy atom. The van der Waals surface area contributed by atoms with Crippen LogP contribution in [0.3, 0.4) is 0 Å². The van der Waals surface area contributed by atoms with Crippen LogP contribution in [0.2, 0.25) is 0 Å². The van der Waals surface area contributed by atoms with Crippen molar-refractivity contribution in [3.8, 4) is 17.1 Å². The molecule has 0 fully saturated rings. The van der Waals surface area contributed by atoms with E-state index in [-0.39, 0.29) is 0 Å². The van der Waals surface area contributed by atoms with Gasteiger partial charge in [0.2, 0.25) is 5.95 Å². The van der Waals surface area contributed by atoms with Crippen LogP contribution in [0, 0.1) is 0 Å². The average Bonchev–Trinajstić information content (AvgIpc) is 3.60. The Kier molecular flexibility index (Phi) is 4.83. The van der Waals surface area contributed by atoms with Gasteiger partial charge in [-0.05, 0) is 75.8 Å². The monoisotopic (exact) mass is 576 g/mol. The molecule has 1 aliphatic carbocycles. The predicted octanol–water partition coefficient (Wildman–Crippen LogP) is 8.51. The van der Waals surface area contributed by atoms with Crippen molar-refractivity contribution in [1.29, 1.82) is 0 Å². The van der Waals surface area contributed by atoms with Crippen LogP contribution < -0.4 is 4.90 Å². The molecule has 1 spiro atoms. The van der Waals surface area contributed by atoms with Gasteiger partial charge in [-0.1, -0.05) is 84.9 Å². The third-order valence-corrected chi connectivity index (χ3v) is 9.49. The van der Waals surface area contributed by atoms with E-state index in [2.05, 4.69) is 146 Å². The lowest BCUT2D eigenvalue weighted by Crippen LogP contribution is -2.36. The molecule has 0 bridgehead atoms. The minimum atomic E-state index is -0.433. The smallest absolute Gasteiger partial charge is 0.237 e. The molecule has 6 heteroatoms. The molecule has 10 rings (SSSR count). The zero-order valence-corrected chi connectivity index (χ0v) is 24.0. The summed E-state index contributed by atoms with van der Waals surface area (Å²) in [5.41, 5.74) is 13.6. The predicted molar refractivity (Wildman–Crippen MR) is 178 cm³/mol. The molecule has 0 saturated carbocycles. The number of benzene rings is 5. The van der Waals surface area contributed by atoms with Crippen molar-refractivity contribution >= 4 is 39.0 Å². The van der Waals surface area contributed by atoms with Crippen LogP contribution in [-0.4, -0.2) is 24.5 Å². The van der Waals surface area contributed by atoms with E-state index in [1.165, 1.54) is 46.0 Å². The van der Waals surface area contributed by atoms with Crippen LogP contribution in [0.4, 0.5) is 17.1 Å². The highest BCUT2D eigenvalue weighted by Crippen LogP contribution is 2.63. The van der Waals surface area contributed by atoms with Crippen LogP contribution in [-0.2, 0) is 5.41 Å². The van der Waals surface area contributed by atoms with Gasteiger partial charge in [0.05, 0.1) is 33.3 Å². The van der Waals surface area contributed by atoms with Crippen LogP contribution in [0.25, 0.3) is 39.0 Å². The molecule has 8 aromatic rings. The number of hydrogen-bond acceptors (Lipinski definition) is 5. The zero-order chi connectivity index (χ0) is 29.5. The lowest BCUT2D eigenvalue weighted by molar-refractivity contribution is 0.752. The highest BCUT2D eigenvalue weighted by Gasteiger charge is 2.51. The van der Waals surface area contributed by atoms with E-state index in [9.17, 15) is 0 Å². The van der Waals surface area contributed by atoms with Gasteiger partial charge in [-0.25, -0.2) is 15.0 Å². The van der Waals surface area contributed by atoms with Crippen LogP contribution >= 0.6 is 0 Å². The second-order valence-electron chi connectivity index (χ2n) is 11.6. The Balaban J connectivity index is 1.27. The number of hydrogen-bond donors (Lipinski definition) is 0. The molecular formula is C39H24N6. The highest BCUT2D eigenvalue weighted by atomic mass is 15.2. The normalized spacial score (nSPS) is 13.9. The maximum atomic E-state index is 4.83. The van der Waals surface area contributed by atoms with Crippen LogP contribution in [0.1, 0.15) is 22.3 Å². The largest absolute Gasteiger partial charge is 0.310 e. The Morgan fingerprint density at radius 1 is 0.511 bits per heavy atom. The number of pyridine rings is 1. The Bertz CT molecular complexity index is 2370. The highest BCUT2D eigenvalue weighted by molar-refractivity contribution is 6.09. The summed E-state index contributed by atoms with van der Waals surface area (Å²) in [6.07, 6.45) is 4.90. The molecule has 0 amide bonds. The number of rotatable bonds is 2. The summed E-state index contributed by atoms with van der Waals surface area (Å²) in [4.78, 5) is 20.2. The summed E-state index contributed by atoms with van der Waals surface area (Å²) in [5.74, 6) is 0.569. The number of aromatic nitrogens is 5. The van der Waals surface area contributed by atoms with Gasteiger partial charge in [0.15, 0.2) is 0 Å². The van der Waals surface area contributed by atoms with E-state index in [0.717, 1.165) is 39.0 Å². The summed E-state index contributed by atoms with van der Waals surface area (Å²) in [7, 11) is 0. The van der Waals surface area contributed by atoms with Gasteiger partial charge in [0.25, 0.3) is 0 Å². The molecule has 210 valence electrons. The number of nitrogens with zero attached hydrogens (tertiary/aromatic N) is 6. The lowest BCUT2D eigenvalue weighted by atomic mass is 9.64. The molecule has 4 heterocycles. The molecule has 2 aliphatic rings. The molecule has 45 heavy (non-hydrogen) atoms. The third kappa shape index (κ3) is 3.07. The summed E-state index contributed by atoms with van der Waals surface area (Å²) in [6, 6.07) is 46.2. The van der Waals surface area contributed by atoms with Crippen molar-refractivity contribution in [2.45, 2.75) is 5.41 Å². The number of fused-ring (bicyclic) bond motifs is 12. The van der Waals surface area contributed by atoms with E-state index in [0.29, 0.717) is 5.95 Å². The summed E-state index contributed by atoms with van der Waals surface area (Å²) in [5, 5.41) is 1.04. The summed E-state index contributed by atoms with van der Waals surface area (Å²) < 4.78 is 2.06. The number of para-hydroxylation sites is 2. The minimum Gasteiger partial charge on any atom is -0.310 e. The van der Waals surface area contributed by atoms with Gasteiger partial charge >= 0.3 is 0 Å². The topological polar surface area (TPSA) is 59.7 Å². The fourth-order valence-corrected chi connectivity index (χ4v) is 7.87.